The summed E-state index contributed by atoms with van der Waals surface area (Å²) in [6.07, 6.45) is -0.176. The monoisotopic (exact) mass is 571 g/mol. The quantitative estimate of drug-likeness (QED) is 0.213. The zero-order chi connectivity index (χ0) is 29.0. The van der Waals surface area contributed by atoms with Crippen LogP contribution in [0.2, 0.25) is 0 Å². The van der Waals surface area contributed by atoms with Gasteiger partial charge in [0.1, 0.15) is 23.3 Å². The molecule has 0 heterocycles. The van der Waals surface area contributed by atoms with Gasteiger partial charge in [0.25, 0.3) is 0 Å². The van der Waals surface area contributed by atoms with E-state index in [0.717, 1.165) is 22.3 Å². The molecule has 41 heavy (non-hydrogen) atoms. The number of nitrogens with two attached hydrogens (primary N) is 1. The third-order valence-corrected chi connectivity index (χ3v) is 8.48. The summed E-state index contributed by atoms with van der Waals surface area (Å²) in [5, 5.41) is 0. The zero-order valence-electron chi connectivity index (χ0n) is 22.3. The third kappa shape index (κ3) is 6.01. The fraction of sp³-hybridized carbons (Fsp3) is 0.188. The van der Waals surface area contributed by atoms with Crippen molar-refractivity contribution in [2.75, 3.05) is 13.7 Å². The molecule has 4 aromatic carbocycles. The van der Waals surface area contributed by atoms with Crippen LogP contribution in [0.3, 0.4) is 0 Å². The first-order valence-corrected chi connectivity index (χ1v) is 14.5. The lowest BCUT2D eigenvalue weighted by atomic mass is 9.89. The Morgan fingerprint density at radius 2 is 1.37 bits per heavy atom. The van der Waals surface area contributed by atoms with E-state index in [4.69, 9.17) is 19.4 Å². The van der Waals surface area contributed by atoms with Crippen LogP contribution in [0, 0.1) is 0 Å². The van der Waals surface area contributed by atoms with Gasteiger partial charge in [-0.05, 0) is 52.1 Å². The normalized spacial score (nSPS) is 13.9. The van der Waals surface area contributed by atoms with Crippen molar-refractivity contribution in [1.29, 1.82) is 0 Å². The summed E-state index contributed by atoms with van der Waals surface area (Å²) in [4.78, 5) is 25.5. The van der Waals surface area contributed by atoms with Gasteiger partial charge >= 0.3 is 22.1 Å². The van der Waals surface area contributed by atoms with Crippen molar-refractivity contribution in [2.45, 2.75) is 29.2 Å². The highest BCUT2D eigenvalue weighted by Gasteiger charge is 2.33. The van der Waals surface area contributed by atoms with Crippen molar-refractivity contribution >= 4 is 22.1 Å². The Morgan fingerprint density at radius 3 is 1.95 bits per heavy atom. The van der Waals surface area contributed by atoms with Crippen LogP contribution < -0.4 is 9.92 Å². The molecule has 2 unspecified atom stereocenters. The van der Waals surface area contributed by atoms with Crippen LogP contribution in [0.1, 0.15) is 34.9 Å². The molecule has 1 aliphatic carbocycles. The molecule has 2 atom stereocenters. The summed E-state index contributed by atoms with van der Waals surface area (Å²) < 4.78 is 41.0. The lowest BCUT2D eigenvalue weighted by Crippen LogP contribution is -2.39. The van der Waals surface area contributed by atoms with Gasteiger partial charge in [0.15, 0.2) is 0 Å². The molecule has 0 bridgehead atoms. The van der Waals surface area contributed by atoms with Crippen molar-refractivity contribution in [3.8, 4) is 16.9 Å². The van der Waals surface area contributed by atoms with Crippen LogP contribution in [-0.4, -0.2) is 40.1 Å². The Labute approximate surface area is 238 Å². The number of carbonyl (C=O) groups is 2. The lowest BCUT2D eigenvalue weighted by molar-refractivity contribution is -0.147. The van der Waals surface area contributed by atoms with E-state index in [1.807, 2.05) is 48.5 Å². The van der Waals surface area contributed by atoms with Gasteiger partial charge < -0.3 is 19.4 Å². The first-order valence-electron chi connectivity index (χ1n) is 13.0. The van der Waals surface area contributed by atoms with Gasteiger partial charge in [-0.2, -0.15) is 8.42 Å². The number of ether oxygens (including phenoxy) is 2. The minimum Gasteiger partial charge on any atom is -0.469 e. The molecule has 2 N–H and O–H groups in total. The number of esters is 2. The molecule has 0 radical (unpaired) electrons. The maximum Gasteiger partial charge on any atom is 0.339 e. The number of hydrogen-bond acceptors (Lipinski definition) is 8. The van der Waals surface area contributed by atoms with Gasteiger partial charge in [-0.25, -0.2) is 0 Å². The Kier molecular flexibility index (Phi) is 8.19. The van der Waals surface area contributed by atoms with Crippen molar-refractivity contribution in [1.82, 2.24) is 0 Å². The average molecular weight is 572 g/mol. The van der Waals surface area contributed by atoms with Gasteiger partial charge in [0.05, 0.1) is 13.5 Å². The lowest BCUT2D eigenvalue weighted by Gasteiger charge is -2.23. The number of fused-ring (bicyclic) bond motifs is 3. The minimum atomic E-state index is -4.03. The number of methoxy groups -OCH3 is 1. The van der Waals surface area contributed by atoms with Crippen LogP contribution in [0.25, 0.3) is 11.1 Å². The molecular formula is C32H29NO7S. The molecule has 0 spiro atoms. The Morgan fingerprint density at radius 1 is 0.805 bits per heavy atom. The van der Waals surface area contributed by atoms with E-state index in [1.54, 1.807) is 30.3 Å². The van der Waals surface area contributed by atoms with Crippen LogP contribution >= 0.6 is 0 Å². The number of benzene rings is 4. The van der Waals surface area contributed by atoms with Gasteiger partial charge in [0.2, 0.25) is 0 Å². The summed E-state index contributed by atoms with van der Waals surface area (Å²) in [7, 11) is -2.78. The fourth-order valence-electron chi connectivity index (χ4n) is 5.11. The fourth-order valence-corrected chi connectivity index (χ4v) is 6.06. The summed E-state index contributed by atoms with van der Waals surface area (Å²) >= 11 is 0. The predicted octanol–water partition coefficient (Wildman–Crippen LogP) is 4.78. The Balaban J connectivity index is 1.31. The molecule has 0 amide bonds. The first kappa shape index (κ1) is 28.1. The van der Waals surface area contributed by atoms with Gasteiger partial charge in [-0.1, -0.05) is 78.9 Å². The SMILES string of the molecule is COC(=O)CC(c1ccc(OS(=O)(=O)c2ccccc2)cc1)C(N)C(=O)OCC1c2ccccc2-c2ccccc21. The third-order valence-electron chi connectivity index (χ3n) is 7.22. The van der Waals surface area contributed by atoms with Crippen molar-refractivity contribution in [3.63, 3.8) is 0 Å². The van der Waals surface area contributed by atoms with Crippen LogP contribution in [0.5, 0.6) is 5.75 Å². The molecule has 210 valence electrons. The van der Waals surface area contributed by atoms with Crippen LogP contribution in [0.4, 0.5) is 0 Å². The van der Waals surface area contributed by atoms with E-state index in [0.29, 0.717) is 5.56 Å². The van der Waals surface area contributed by atoms with Gasteiger partial charge in [-0.3, -0.25) is 9.59 Å². The standard InChI is InChI=1S/C32H29NO7S/c1-38-30(34)19-28(21-15-17-22(18-16-21)40-41(36,37)23-9-3-2-4-10-23)31(33)32(35)39-20-29-26-13-7-5-11-24(26)25-12-6-8-14-27(25)29/h2-18,28-29,31H,19-20,33H2,1H3. The maximum atomic E-state index is 13.2. The highest BCUT2D eigenvalue weighted by molar-refractivity contribution is 7.87. The summed E-state index contributed by atoms with van der Waals surface area (Å²) in [5.41, 5.74) is 11.3. The highest BCUT2D eigenvalue weighted by Crippen LogP contribution is 2.44. The van der Waals surface area contributed by atoms with Gasteiger partial charge in [-0.15, -0.1) is 0 Å². The summed E-state index contributed by atoms with van der Waals surface area (Å²) in [6, 6.07) is 28.6. The average Bonchev–Trinajstić information content (AvgIpc) is 3.32. The first-order chi connectivity index (χ1) is 19.8. The van der Waals surface area contributed by atoms with E-state index in [2.05, 4.69) is 0 Å². The van der Waals surface area contributed by atoms with Crippen molar-refractivity contribution < 1.29 is 31.7 Å². The zero-order valence-corrected chi connectivity index (χ0v) is 23.1. The second kappa shape index (κ2) is 12.0. The van der Waals surface area contributed by atoms with E-state index in [-0.39, 0.29) is 29.6 Å². The largest absolute Gasteiger partial charge is 0.469 e. The van der Waals surface area contributed by atoms with Crippen LogP contribution in [0.15, 0.2) is 108 Å². The molecule has 1 aliphatic rings. The van der Waals surface area contributed by atoms with E-state index in [9.17, 15) is 18.0 Å². The van der Waals surface area contributed by atoms with Gasteiger partial charge in [0, 0.05) is 11.8 Å². The predicted molar refractivity (Wildman–Crippen MR) is 153 cm³/mol. The molecule has 9 heteroatoms. The molecule has 0 fully saturated rings. The molecule has 0 aliphatic heterocycles. The second-order valence-electron chi connectivity index (χ2n) is 9.69. The molecule has 5 rings (SSSR count). The number of carbonyl (C=O) groups excluding carboxylic acids is 2. The smallest absolute Gasteiger partial charge is 0.339 e. The number of hydrogen-bond donors (Lipinski definition) is 1. The van der Waals surface area contributed by atoms with E-state index < -0.39 is 34.0 Å². The minimum absolute atomic E-state index is 0.0184. The van der Waals surface area contributed by atoms with Crippen LogP contribution in [-0.2, 0) is 29.2 Å². The van der Waals surface area contributed by atoms with Crippen molar-refractivity contribution in [3.05, 3.63) is 120 Å². The maximum absolute atomic E-state index is 13.2. The highest BCUT2D eigenvalue weighted by atomic mass is 32.2. The summed E-state index contributed by atoms with van der Waals surface area (Å²) in [6.45, 7) is 0.0929. The van der Waals surface area contributed by atoms with E-state index >= 15 is 0 Å². The molecule has 0 saturated carbocycles. The topological polar surface area (TPSA) is 122 Å². The summed E-state index contributed by atoms with van der Waals surface area (Å²) in [5.74, 6) is -2.06. The molecule has 0 aromatic heterocycles. The Bertz CT molecular complexity index is 1610. The Hall–Kier alpha value is -4.47. The molecular weight excluding hydrogens is 542 g/mol. The van der Waals surface area contributed by atoms with Crippen molar-refractivity contribution in [2.24, 2.45) is 5.73 Å². The second-order valence-corrected chi connectivity index (χ2v) is 11.2. The molecule has 4 aromatic rings. The van der Waals surface area contributed by atoms with E-state index in [1.165, 1.54) is 31.4 Å². The molecule has 8 nitrogen and oxygen atoms in total. The number of rotatable bonds is 10. The molecule has 0 saturated heterocycles.